The van der Waals surface area contributed by atoms with Gasteiger partial charge in [0.15, 0.2) is 23.2 Å². The highest BCUT2D eigenvalue weighted by atomic mass is 19.2. The fourth-order valence-corrected chi connectivity index (χ4v) is 3.89. The Morgan fingerprint density at radius 3 is 2.50 bits per heavy atom. The Labute approximate surface area is 151 Å². The van der Waals surface area contributed by atoms with Crippen LogP contribution >= 0.6 is 0 Å². The number of hydrogen-bond donors (Lipinski definition) is 1. The van der Waals surface area contributed by atoms with E-state index >= 15 is 0 Å². The Morgan fingerprint density at radius 2 is 1.81 bits per heavy atom. The van der Waals surface area contributed by atoms with E-state index in [1.54, 1.807) is 0 Å². The number of nitrogens with zero attached hydrogens (tertiary/aromatic N) is 1. The van der Waals surface area contributed by atoms with Gasteiger partial charge in [-0.15, -0.1) is 0 Å². The van der Waals surface area contributed by atoms with Crippen molar-refractivity contribution in [2.45, 2.75) is 52.0 Å². The second-order valence-corrected chi connectivity index (χ2v) is 6.95. The Balaban J connectivity index is 1.75. The first-order chi connectivity index (χ1) is 12.4. The van der Waals surface area contributed by atoms with Crippen molar-refractivity contribution in [2.75, 3.05) is 11.9 Å². The zero-order valence-corrected chi connectivity index (χ0v) is 15.0. The number of aromatic nitrogens is 1. The smallest absolute Gasteiger partial charge is 0.196 e. The molecule has 0 amide bonds. The molecular weight excluding hydrogens is 341 g/mol. The monoisotopic (exact) mass is 364 g/mol. The highest BCUT2D eigenvalue weighted by Crippen LogP contribution is 2.32. The normalized spacial score (nSPS) is 15.3. The summed E-state index contributed by atoms with van der Waals surface area (Å²) in [6, 6.07) is 4.20. The topological polar surface area (TPSA) is 34.0 Å². The molecule has 0 atom stereocenters. The maximum absolute atomic E-state index is 13.7. The number of Topliss-reactive ketones (excluding diaryl/α,β-unsaturated/α-hetero) is 1. The quantitative estimate of drug-likeness (QED) is 0.575. The summed E-state index contributed by atoms with van der Waals surface area (Å²) < 4.78 is 42.2. The SMILES string of the molecule is Cc1cc(C(=O)CNc2ccc(F)c(F)c2F)c(C)n1C1CCCCC1. The first kappa shape index (κ1) is 18.5. The molecule has 3 rings (SSSR count). The molecule has 6 heteroatoms. The third kappa shape index (κ3) is 3.50. The fourth-order valence-electron chi connectivity index (χ4n) is 3.89. The number of ketones is 1. The number of carbonyl (C=O) groups excluding carboxylic acids is 1. The van der Waals surface area contributed by atoms with Crippen molar-refractivity contribution in [2.24, 2.45) is 0 Å². The summed E-state index contributed by atoms with van der Waals surface area (Å²) in [6.07, 6.45) is 5.87. The molecule has 1 aliphatic carbocycles. The molecule has 0 radical (unpaired) electrons. The van der Waals surface area contributed by atoms with Gasteiger partial charge >= 0.3 is 0 Å². The van der Waals surface area contributed by atoms with E-state index in [4.69, 9.17) is 0 Å². The van der Waals surface area contributed by atoms with Crippen molar-refractivity contribution >= 4 is 11.5 Å². The molecule has 2 aromatic rings. The summed E-state index contributed by atoms with van der Waals surface area (Å²) in [7, 11) is 0. The predicted molar refractivity (Wildman–Crippen MR) is 95.2 cm³/mol. The average Bonchev–Trinajstić information content (AvgIpc) is 2.94. The largest absolute Gasteiger partial charge is 0.375 e. The summed E-state index contributed by atoms with van der Waals surface area (Å²) in [5, 5.41) is 2.57. The number of carbonyl (C=O) groups is 1. The molecule has 1 aromatic heterocycles. The number of aryl methyl sites for hydroxylation is 1. The molecule has 0 unspecified atom stereocenters. The number of anilines is 1. The van der Waals surface area contributed by atoms with Gasteiger partial charge in [0.25, 0.3) is 0 Å². The Morgan fingerprint density at radius 1 is 1.12 bits per heavy atom. The summed E-state index contributed by atoms with van der Waals surface area (Å²) in [5.74, 6) is -4.32. The second kappa shape index (κ2) is 7.56. The van der Waals surface area contributed by atoms with Gasteiger partial charge in [0.1, 0.15) is 0 Å². The van der Waals surface area contributed by atoms with Gasteiger partial charge in [-0.2, -0.15) is 0 Å². The standard InChI is InChI=1S/C20H23F3N2O/c1-12-10-15(13(2)25(12)14-6-4-3-5-7-14)18(26)11-24-17-9-8-16(21)19(22)20(17)23/h8-10,14,24H,3-7,11H2,1-2H3. The van der Waals surface area contributed by atoms with Crippen molar-refractivity contribution in [1.82, 2.24) is 4.57 Å². The van der Waals surface area contributed by atoms with Gasteiger partial charge in [0.05, 0.1) is 12.2 Å². The van der Waals surface area contributed by atoms with Crippen LogP contribution in [0.3, 0.4) is 0 Å². The van der Waals surface area contributed by atoms with E-state index in [0.717, 1.165) is 36.4 Å². The van der Waals surface area contributed by atoms with Crippen molar-refractivity contribution in [1.29, 1.82) is 0 Å². The minimum atomic E-state index is -1.54. The van der Waals surface area contributed by atoms with Gasteiger partial charge in [-0.25, -0.2) is 13.2 Å². The van der Waals surface area contributed by atoms with Crippen LogP contribution in [0.4, 0.5) is 18.9 Å². The van der Waals surface area contributed by atoms with Crippen LogP contribution in [0.25, 0.3) is 0 Å². The molecular formula is C20H23F3N2O. The molecule has 0 aliphatic heterocycles. The summed E-state index contributed by atoms with van der Waals surface area (Å²) in [6.45, 7) is 3.73. The van der Waals surface area contributed by atoms with E-state index in [1.165, 1.54) is 19.3 Å². The number of rotatable bonds is 5. The van der Waals surface area contributed by atoms with Gasteiger partial charge in [-0.1, -0.05) is 19.3 Å². The van der Waals surface area contributed by atoms with Crippen LogP contribution in [0.5, 0.6) is 0 Å². The minimum Gasteiger partial charge on any atom is -0.375 e. The maximum atomic E-state index is 13.7. The molecule has 0 spiro atoms. The lowest BCUT2D eigenvalue weighted by Gasteiger charge is -2.26. The third-order valence-corrected chi connectivity index (χ3v) is 5.20. The van der Waals surface area contributed by atoms with E-state index in [1.807, 2.05) is 19.9 Å². The predicted octanol–water partition coefficient (Wildman–Crippen LogP) is 5.32. The lowest BCUT2D eigenvalue weighted by atomic mass is 9.95. The molecule has 1 saturated carbocycles. The fraction of sp³-hybridized carbons (Fsp3) is 0.450. The highest BCUT2D eigenvalue weighted by Gasteiger charge is 2.23. The Bertz CT molecular complexity index is 823. The van der Waals surface area contributed by atoms with Crippen LogP contribution in [0, 0.1) is 31.3 Å². The van der Waals surface area contributed by atoms with Crippen LogP contribution in [-0.2, 0) is 0 Å². The van der Waals surface area contributed by atoms with Crippen LogP contribution in [0.1, 0.15) is 59.9 Å². The van der Waals surface area contributed by atoms with Crippen LogP contribution in [0.15, 0.2) is 18.2 Å². The second-order valence-electron chi connectivity index (χ2n) is 6.95. The first-order valence-electron chi connectivity index (χ1n) is 8.99. The first-order valence-corrected chi connectivity index (χ1v) is 8.99. The molecule has 1 heterocycles. The van der Waals surface area contributed by atoms with Gasteiger partial charge in [-0.05, 0) is 44.9 Å². The Hall–Kier alpha value is -2.24. The number of hydrogen-bond acceptors (Lipinski definition) is 2. The van der Waals surface area contributed by atoms with Crippen molar-refractivity contribution in [3.05, 3.63) is 52.6 Å². The van der Waals surface area contributed by atoms with E-state index < -0.39 is 17.5 Å². The molecule has 140 valence electrons. The molecule has 1 aliphatic rings. The Kier molecular flexibility index (Phi) is 5.39. The van der Waals surface area contributed by atoms with Crippen molar-refractivity contribution in [3.63, 3.8) is 0 Å². The zero-order valence-electron chi connectivity index (χ0n) is 15.0. The van der Waals surface area contributed by atoms with E-state index in [9.17, 15) is 18.0 Å². The lowest BCUT2D eigenvalue weighted by Crippen LogP contribution is -2.18. The lowest BCUT2D eigenvalue weighted by molar-refractivity contribution is 0.100. The summed E-state index contributed by atoms with van der Waals surface area (Å²) in [4.78, 5) is 12.6. The van der Waals surface area contributed by atoms with E-state index in [-0.39, 0.29) is 18.0 Å². The number of nitrogens with one attached hydrogen (secondary N) is 1. The van der Waals surface area contributed by atoms with Crippen molar-refractivity contribution in [3.8, 4) is 0 Å². The summed E-state index contributed by atoms with van der Waals surface area (Å²) in [5.41, 5.74) is 2.31. The molecule has 0 saturated heterocycles. The van der Waals surface area contributed by atoms with Crippen LogP contribution in [-0.4, -0.2) is 16.9 Å². The molecule has 3 nitrogen and oxygen atoms in total. The molecule has 1 aromatic carbocycles. The van der Waals surface area contributed by atoms with E-state index in [0.29, 0.717) is 11.6 Å². The number of benzene rings is 1. The molecule has 1 fully saturated rings. The van der Waals surface area contributed by atoms with Crippen LogP contribution < -0.4 is 5.32 Å². The molecule has 0 bridgehead atoms. The summed E-state index contributed by atoms with van der Waals surface area (Å²) >= 11 is 0. The highest BCUT2D eigenvalue weighted by molar-refractivity contribution is 6.00. The maximum Gasteiger partial charge on any atom is 0.196 e. The van der Waals surface area contributed by atoms with Gasteiger partial charge in [0, 0.05) is 23.0 Å². The molecule has 1 N–H and O–H groups in total. The van der Waals surface area contributed by atoms with Gasteiger partial charge < -0.3 is 9.88 Å². The minimum absolute atomic E-state index is 0.184. The zero-order chi connectivity index (χ0) is 18.8. The van der Waals surface area contributed by atoms with Gasteiger partial charge in [-0.3, -0.25) is 4.79 Å². The van der Waals surface area contributed by atoms with Crippen LogP contribution in [0.2, 0.25) is 0 Å². The molecule has 26 heavy (non-hydrogen) atoms. The third-order valence-electron chi connectivity index (χ3n) is 5.20. The van der Waals surface area contributed by atoms with E-state index in [2.05, 4.69) is 9.88 Å². The van der Waals surface area contributed by atoms with Crippen molar-refractivity contribution < 1.29 is 18.0 Å². The average molecular weight is 364 g/mol. The van der Waals surface area contributed by atoms with Gasteiger partial charge in [0.2, 0.25) is 0 Å². The number of halogens is 3.